The van der Waals surface area contributed by atoms with Crippen molar-refractivity contribution in [1.82, 2.24) is 5.32 Å². The molecule has 0 fully saturated rings. The van der Waals surface area contributed by atoms with E-state index in [0.717, 1.165) is 12.1 Å². The number of nitrogens with one attached hydrogen (secondary N) is 1. The van der Waals surface area contributed by atoms with Crippen LogP contribution in [0, 0.1) is 0 Å². The summed E-state index contributed by atoms with van der Waals surface area (Å²) in [5, 5.41) is 32.3. The summed E-state index contributed by atoms with van der Waals surface area (Å²) in [6, 6.07) is -4.06. The van der Waals surface area contributed by atoms with Crippen molar-refractivity contribution in [2.75, 3.05) is 26.2 Å². The van der Waals surface area contributed by atoms with Crippen molar-refractivity contribution in [2.45, 2.75) is 57.3 Å². The quantitative estimate of drug-likeness (QED) is 0.317. The number of phenols is 1. The van der Waals surface area contributed by atoms with Gasteiger partial charge in [-0.3, -0.25) is 0 Å². The molecular formula is C25H37NO4. The highest BCUT2D eigenvalue weighted by molar-refractivity contribution is 5.36. The Morgan fingerprint density at radius 2 is 1.90 bits per heavy atom. The lowest BCUT2D eigenvalue weighted by Gasteiger charge is -2.14. The Labute approximate surface area is 213 Å². The molecule has 5 heteroatoms. The first-order valence-electron chi connectivity index (χ1n) is 20.1. The summed E-state index contributed by atoms with van der Waals surface area (Å²) >= 11 is 0. The molecule has 166 valence electrons. The maximum Gasteiger partial charge on any atom is 0.121 e. The zero-order valence-corrected chi connectivity index (χ0v) is 15.7. The maximum atomic E-state index is 10.8. The van der Waals surface area contributed by atoms with Gasteiger partial charge in [0.25, 0.3) is 0 Å². The van der Waals surface area contributed by atoms with E-state index in [9.17, 15) is 15.3 Å². The summed E-state index contributed by atoms with van der Waals surface area (Å²) in [4.78, 5) is 0. The Hall–Kier alpha value is -1.92. The number of hydrogen-bond donors (Lipinski definition) is 4. The zero-order chi connectivity index (χ0) is 41.9. The number of hydrogen-bond acceptors (Lipinski definition) is 5. The highest BCUT2D eigenvalue weighted by Crippen LogP contribution is 2.22. The van der Waals surface area contributed by atoms with Crippen LogP contribution in [-0.2, 0) is 17.7 Å². The third-order valence-corrected chi connectivity index (χ3v) is 3.16. The van der Waals surface area contributed by atoms with Crippen LogP contribution >= 0.6 is 0 Å². The molecular weight excluding hydrogens is 378 g/mol. The van der Waals surface area contributed by atoms with Gasteiger partial charge in [-0.05, 0) is 61.6 Å². The Morgan fingerprint density at radius 3 is 2.70 bits per heavy atom. The molecule has 4 N–H and O–H groups in total. The van der Waals surface area contributed by atoms with Crippen molar-refractivity contribution in [3.05, 3.63) is 65.1 Å². The number of rotatable bonds is 16. The molecule has 0 radical (unpaired) electrons. The molecule has 0 amide bonds. The van der Waals surface area contributed by atoms with Gasteiger partial charge in [-0.2, -0.15) is 0 Å². The first-order chi connectivity index (χ1) is 23.3. The van der Waals surface area contributed by atoms with Gasteiger partial charge in [0.05, 0.1) is 27.7 Å². The molecule has 2 aromatic carbocycles. The normalized spacial score (nSPS) is 28.3. The van der Waals surface area contributed by atoms with Crippen LogP contribution in [0.5, 0.6) is 5.75 Å². The second-order valence-corrected chi connectivity index (χ2v) is 5.30. The van der Waals surface area contributed by atoms with Gasteiger partial charge in [0, 0.05) is 41.7 Å². The van der Waals surface area contributed by atoms with Gasteiger partial charge in [-0.1, -0.05) is 49.1 Å². The molecule has 0 aliphatic rings. The summed E-state index contributed by atoms with van der Waals surface area (Å²) in [6.07, 6.45) is -22.8. The van der Waals surface area contributed by atoms with E-state index < -0.39 is 136 Å². The number of aliphatic hydroxyl groups is 2. The molecule has 0 bridgehead atoms. The van der Waals surface area contributed by atoms with Crippen LogP contribution in [-0.4, -0.2) is 41.5 Å². The molecule has 2 aromatic rings. The number of ether oxygens (including phenoxy) is 1. The molecule has 1 unspecified atom stereocenters. The lowest BCUT2D eigenvalue weighted by atomic mass is 10.1. The van der Waals surface area contributed by atoms with Crippen molar-refractivity contribution in [3.8, 4) is 5.75 Å². The monoisotopic (exact) mass is 438 g/mol. The molecule has 1 atom stereocenters. The van der Waals surface area contributed by atoms with Gasteiger partial charge < -0.3 is 25.4 Å². The van der Waals surface area contributed by atoms with Crippen LogP contribution in [0.15, 0.2) is 48.4 Å². The Kier molecular flexibility index (Phi) is 3.79. The number of aromatic hydroxyl groups is 1. The van der Waals surface area contributed by atoms with E-state index in [1.54, 1.807) is 0 Å². The Balaban J connectivity index is 2.26. The van der Waals surface area contributed by atoms with E-state index in [2.05, 4.69) is 0 Å². The molecule has 0 aromatic heterocycles. The minimum Gasteiger partial charge on any atom is -0.508 e. The van der Waals surface area contributed by atoms with Gasteiger partial charge in [0.15, 0.2) is 0 Å². The van der Waals surface area contributed by atoms with Crippen LogP contribution < -0.4 is 5.32 Å². The first-order valence-corrected chi connectivity index (χ1v) is 8.59. The van der Waals surface area contributed by atoms with E-state index in [1.165, 1.54) is 0 Å². The zero-order valence-electron chi connectivity index (χ0n) is 38.7. The molecule has 0 heterocycles. The van der Waals surface area contributed by atoms with Crippen molar-refractivity contribution in [1.29, 1.82) is 0 Å². The van der Waals surface area contributed by atoms with Gasteiger partial charge in [0.1, 0.15) is 5.75 Å². The Bertz CT molecular complexity index is 1650. The maximum absolute atomic E-state index is 10.8. The summed E-state index contributed by atoms with van der Waals surface area (Å²) in [6.45, 7) is -13.5. The van der Waals surface area contributed by atoms with Gasteiger partial charge in [-0.15, -0.1) is 0 Å². The minimum absolute atomic E-state index is 0.375. The molecule has 2 rings (SSSR count). The predicted molar refractivity (Wildman–Crippen MR) is 121 cm³/mol. The highest BCUT2D eigenvalue weighted by atomic mass is 16.5. The molecule has 0 saturated heterocycles. The SMILES string of the molecule is [2H]c1cc([2H])c(C([2H])([2H])C([2H])([2H])C([2H])([2H])COC([2H])([2H])C([2H])([2H])CCC([2H])([2H])C([2H])([2H])NCC([2H])(O)c2c([2H])c([2H])c(O)c(C([2H])([2H])O)c2[2H])c([2H])c1. The summed E-state index contributed by atoms with van der Waals surface area (Å²) < 4.78 is 190. The minimum atomic E-state index is -3.67. The van der Waals surface area contributed by atoms with E-state index in [4.69, 9.17) is 36.3 Å². The highest BCUT2D eigenvalue weighted by Gasteiger charge is 2.09. The average Bonchev–Trinajstić information content (AvgIpc) is 2.95. The third-order valence-electron chi connectivity index (χ3n) is 3.16. The summed E-state index contributed by atoms with van der Waals surface area (Å²) in [7, 11) is 0. The smallest absolute Gasteiger partial charge is 0.121 e. The van der Waals surface area contributed by atoms with Gasteiger partial charge >= 0.3 is 0 Å². The molecule has 0 saturated carbocycles. The second kappa shape index (κ2) is 15.0. The predicted octanol–water partition coefficient (Wildman–Crippen LogP) is 4.11. The van der Waals surface area contributed by atoms with Crippen LogP contribution in [0.1, 0.15) is 92.6 Å². The number of benzene rings is 2. The van der Waals surface area contributed by atoms with Crippen LogP contribution in [0.2, 0.25) is 0 Å². The molecule has 0 spiro atoms. The van der Waals surface area contributed by atoms with Crippen molar-refractivity contribution < 1.29 is 51.6 Å². The Morgan fingerprint density at radius 1 is 1.10 bits per heavy atom. The first kappa shape index (κ1) is 7.59. The van der Waals surface area contributed by atoms with E-state index in [-0.39, 0.29) is 6.04 Å². The fourth-order valence-electron chi connectivity index (χ4n) is 1.79. The fraction of sp³-hybridized carbons (Fsp3) is 0.520. The lowest BCUT2D eigenvalue weighted by molar-refractivity contribution is 0.126. The van der Waals surface area contributed by atoms with Crippen LogP contribution in [0.3, 0.4) is 0 Å². The summed E-state index contributed by atoms with van der Waals surface area (Å²) in [5.41, 5.74) is -3.39. The van der Waals surface area contributed by atoms with Crippen molar-refractivity contribution >= 4 is 0 Å². The van der Waals surface area contributed by atoms with Crippen molar-refractivity contribution in [3.63, 3.8) is 0 Å². The summed E-state index contributed by atoms with van der Waals surface area (Å²) in [5.74, 6) is -1.35. The van der Waals surface area contributed by atoms with Crippen molar-refractivity contribution in [2.24, 2.45) is 0 Å². The fourth-order valence-corrected chi connectivity index (χ4v) is 1.79. The topological polar surface area (TPSA) is 82.0 Å². The standard InChI is InChI=1S/C25H37NO4/c27-20-23-18-22(13-14-24(23)28)25(29)19-26-15-7-1-2-8-16-30-17-9-6-12-21-10-4-3-5-11-21/h3-5,10-11,13-14,18,25-29H,1-2,6-9,12,15-17,19-20H2/i3D,6D2,7D2,8D2,9D2,10D,11D,12D2,13D,14D,15D2,16D2,18D,20D2,25D. The largest absolute Gasteiger partial charge is 0.508 e. The molecule has 5 nitrogen and oxygen atoms in total. The van der Waals surface area contributed by atoms with Crippen LogP contribution in [0.4, 0.5) is 0 Å². The van der Waals surface area contributed by atoms with E-state index in [0.29, 0.717) is 0 Å². The van der Waals surface area contributed by atoms with E-state index in [1.807, 2.05) is 5.32 Å². The lowest BCUT2D eigenvalue weighted by Crippen LogP contribution is -2.22. The third kappa shape index (κ3) is 9.72. The van der Waals surface area contributed by atoms with Gasteiger partial charge in [0.2, 0.25) is 0 Å². The second-order valence-electron chi connectivity index (χ2n) is 5.30. The molecule has 30 heavy (non-hydrogen) atoms. The van der Waals surface area contributed by atoms with E-state index >= 15 is 0 Å². The molecule has 0 aliphatic heterocycles. The van der Waals surface area contributed by atoms with Crippen LogP contribution in [0.25, 0.3) is 0 Å². The van der Waals surface area contributed by atoms with Gasteiger partial charge in [-0.25, -0.2) is 0 Å². The molecule has 0 aliphatic carbocycles. The average molecular weight is 439 g/mol.